The Balaban J connectivity index is 2.38. The number of hydrogen-bond acceptors (Lipinski definition) is 3. The highest BCUT2D eigenvalue weighted by Gasteiger charge is 2.18. The molecule has 0 saturated heterocycles. The van der Waals surface area contributed by atoms with Crippen LogP contribution < -0.4 is 5.73 Å². The fourth-order valence-corrected chi connectivity index (χ4v) is 3.12. The van der Waals surface area contributed by atoms with Crippen LogP contribution >= 0.6 is 0 Å². The second-order valence-corrected chi connectivity index (χ2v) is 6.46. The Labute approximate surface area is 118 Å². The minimum atomic E-state index is -3.52. The van der Waals surface area contributed by atoms with Crippen molar-refractivity contribution in [2.75, 3.05) is 0 Å². The Morgan fingerprint density at radius 3 is 1.95 bits per heavy atom. The Kier molecular flexibility index (Phi) is 3.90. The lowest BCUT2D eigenvalue weighted by Crippen LogP contribution is -2.18. The van der Waals surface area contributed by atoms with E-state index in [1.165, 1.54) is 12.1 Å². The van der Waals surface area contributed by atoms with Crippen molar-refractivity contribution in [3.05, 3.63) is 60.2 Å². The summed E-state index contributed by atoms with van der Waals surface area (Å²) in [4.78, 5) is 11.6. The first kappa shape index (κ1) is 14.3. The third-order valence-electron chi connectivity index (χ3n) is 3.17. The maximum absolute atomic E-state index is 12.4. The predicted octanol–water partition coefficient (Wildman–Crippen LogP) is 2.11. The van der Waals surface area contributed by atoms with Crippen LogP contribution in [0.3, 0.4) is 0 Å². The molecule has 2 rings (SSSR count). The smallest absolute Gasteiger partial charge is 0.224 e. The highest BCUT2D eigenvalue weighted by atomic mass is 32.2. The summed E-state index contributed by atoms with van der Waals surface area (Å²) >= 11 is 0. The number of primary amides is 1. The normalized spacial score (nSPS) is 12.8. The topological polar surface area (TPSA) is 77.2 Å². The molecule has 0 bridgehead atoms. The van der Waals surface area contributed by atoms with E-state index in [0.29, 0.717) is 5.56 Å². The first-order chi connectivity index (χ1) is 9.43. The van der Waals surface area contributed by atoms with Gasteiger partial charge in [0.05, 0.1) is 15.7 Å². The summed E-state index contributed by atoms with van der Waals surface area (Å²) in [5.41, 5.74) is 5.92. The van der Waals surface area contributed by atoms with E-state index in [-0.39, 0.29) is 9.79 Å². The zero-order chi connectivity index (χ0) is 14.8. The second-order valence-electron chi connectivity index (χ2n) is 4.51. The standard InChI is InChI=1S/C15H15NO3S/c1-11(15(16)17)12-7-9-14(10-8-12)20(18,19)13-5-3-2-4-6-13/h2-11H,1H3,(H2,16,17)/t11-/m1/s1. The molecule has 2 aromatic carbocycles. The summed E-state index contributed by atoms with van der Waals surface area (Å²) < 4.78 is 24.7. The predicted molar refractivity (Wildman–Crippen MR) is 75.9 cm³/mol. The van der Waals surface area contributed by atoms with Crippen molar-refractivity contribution in [1.29, 1.82) is 0 Å². The van der Waals surface area contributed by atoms with Crippen molar-refractivity contribution in [1.82, 2.24) is 0 Å². The summed E-state index contributed by atoms with van der Waals surface area (Å²) in [6, 6.07) is 14.4. The number of amides is 1. The van der Waals surface area contributed by atoms with E-state index in [1.807, 2.05) is 0 Å². The van der Waals surface area contributed by atoms with Gasteiger partial charge in [0.25, 0.3) is 0 Å². The van der Waals surface area contributed by atoms with Crippen LogP contribution in [0.25, 0.3) is 0 Å². The average molecular weight is 289 g/mol. The molecule has 0 aromatic heterocycles. The van der Waals surface area contributed by atoms with Crippen LogP contribution in [0.5, 0.6) is 0 Å². The van der Waals surface area contributed by atoms with Gasteiger partial charge in [0.15, 0.2) is 0 Å². The molecular weight excluding hydrogens is 274 g/mol. The summed E-state index contributed by atoms with van der Waals surface area (Å²) in [5, 5.41) is 0. The van der Waals surface area contributed by atoms with Gasteiger partial charge in [-0.3, -0.25) is 4.79 Å². The maximum atomic E-state index is 12.4. The van der Waals surface area contributed by atoms with Crippen molar-refractivity contribution in [2.24, 2.45) is 5.73 Å². The zero-order valence-corrected chi connectivity index (χ0v) is 11.8. The molecule has 20 heavy (non-hydrogen) atoms. The molecule has 0 radical (unpaired) electrons. The molecule has 5 heteroatoms. The van der Waals surface area contributed by atoms with Crippen LogP contribution in [0.4, 0.5) is 0 Å². The molecule has 0 aliphatic carbocycles. The van der Waals surface area contributed by atoms with Crippen LogP contribution in [0.15, 0.2) is 64.4 Å². The lowest BCUT2D eigenvalue weighted by Gasteiger charge is -2.09. The number of hydrogen-bond donors (Lipinski definition) is 1. The molecule has 0 heterocycles. The van der Waals surface area contributed by atoms with Crippen LogP contribution in [-0.4, -0.2) is 14.3 Å². The van der Waals surface area contributed by atoms with Crippen LogP contribution in [-0.2, 0) is 14.6 Å². The van der Waals surface area contributed by atoms with Gasteiger partial charge in [0, 0.05) is 0 Å². The Morgan fingerprint density at radius 2 is 1.45 bits per heavy atom. The Hall–Kier alpha value is -2.14. The molecule has 1 atom stereocenters. The van der Waals surface area contributed by atoms with Gasteiger partial charge < -0.3 is 5.73 Å². The fourth-order valence-electron chi connectivity index (χ4n) is 1.84. The van der Waals surface area contributed by atoms with Gasteiger partial charge in [-0.15, -0.1) is 0 Å². The fraction of sp³-hybridized carbons (Fsp3) is 0.133. The van der Waals surface area contributed by atoms with Gasteiger partial charge in [-0.2, -0.15) is 0 Å². The summed E-state index contributed by atoms with van der Waals surface area (Å²) in [6.45, 7) is 1.68. The number of carbonyl (C=O) groups is 1. The van der Waals surface area contributed by atoms with Gasteiger partial charge in [-0.25, -0.2) is 8.42 Å². The van der Waals surface area contributed by atoms with Crippen molar-refractivity contribution >= 4 is 15.7 Å². The highest BCUT2D eigenvalue weighted by Crippen LogP contribution is 2.23. The quantitative estimate of drug-likeness (QED) is 0.936. The number of rotatable bonds is 4. The van der Waals surface area contributed by atoms with Crippen LogP contribution in [0, 0.1) is 0 Å². The third-order valence-corrected chi connectivity index (χ3v) is 4.96. The Morgan fingerprint density at radius 1 is 0.950 bits per heavy atom. The second kappa shape index (κ2) is 5.46. The summed E-state index contributed by atoms with van der Waals surface area (Å²) in [6.07, 6.45) is 0. The molecule has 0 spiro atoms. The zero-order valence-electron chi connectivity index (χ0n) is 11.0. The van der Waals surface area contributed by atoms with E-state index >= 15 is 0 Å². The van der Waals surface area contributed by atoms with Crippen LogP contribution in [0.1, 0.15) is 18.4 Å². The minimum absolute atomic E-state index is 0.198. The molecule has 0 aliphatic rings. The molecule has 0 aliphatic heterocycles. The van der Waals surface area contributed by atoms with Gasteiger partial charge in [0.2, 0.25) is 15.7 Å². The van der Waals surface area contributed by atoms with E-state index in [2.05, 4.69) is 0 Å². The van der Waals surface area contributed by atoms with E-state index in [1.54, 1.807) is 49.4 Å². The van der Waals surface area contributed by atoms with Crippen molar-refractivity contribution in [3.63, 3.8) is 0 Å². The molecule has 2 N–H and O–H groups in total. The number of carbonyl (C=O) groups excluding carboxylic acids is 1. The minimum Gasteiger partial charge on any atom is -0.369 e. The van der Waals surface area contributed by atoms with E-state index < -0.39 is 21.7 Å². The first-order valence-electron chi connectivity index (χ1n) is 6.12. The molecule has 0 fully saturated rings. The summed E-state index contributed by atoms with van der Waals surface area (Å²) in [5.74, 6) is -0.882. The van der Waals surface area contributed by atoms with Gasteiger partial charge in [0.1, 0.15) is 0 Å². The number of benzene rings is 2. The first-order valence-corrected chi connectivity index (χ1v) is 7.60. The highest BCUT2D eigenvalue weighted by molar-refractivity contribution is 7.91. The molecule has 2 aromatic rings. The van der Waals surface area contributed by atoms with E-state index in [4.69, 9.17) is 5.73 Å². The van der Waals surface area contributed by atoms with Gasteiger partial charge in [-0.1, -0.05) is 30.3 Å². The lowest BCUT2D eigenvalue weighted by atomic mass is 10.0. The molecular formula is C15H15NO3S. The molecule has 1 amide bonds. The molecule has 4 nitrogen and oxygen atoms in total. The van der Waals surface area contributed by atoms with Crippen LogP contribution in [0.2, 0.25) is 0 Å². The van der Waals surface area contributed by atoms with Crippen molar-refractivity contribution < 1.29 is 13.2 Å². The lowest BCUT2D eigenvalue weighted by molar-refractivity contribution is -0.119. The van der Waals surface area contributed by atoms with Gasteiger partial charge in [-0.05, 0) is 36.8 Å². The SMILES string of the molecule is C[C@@H](C(N)=O)c1ccc(S(=O)(=O)c2ccccc2)cc1. The summed E-state index contributed by atoms with van der Waals surface area (Å²) in [7, 11) is -3.52. The van der Waals surface area contributed by atoms with E-state index in [9.17, 15) is 13.2 Å². The number of nitrogens with two attached hydrogens (primary N) is 1. The monoisotopic (exact) mass is 289 g/mol. The molecule has 0 saturated carbocycles. The maximum Gasteiger partial charge on any atom is 0.224 e. The van der Waals surface area contributed by atoms with Gasteiger partial charge >= 0.3 is 0 Å². The Bertz CT molecular complexity index is 707. The van der Waals surface area contributed by atoms with Crippen molar-refractivity contribution in [2.45, 2.75) is 22.6 Å². The largest absolute Gasteiger partial charge is 0.369 e. The molecule has 104 valence electrons. The average Bonchev–Trinajstić information content (AvgIpc) is 2.47. The number of sulfone groups is 1. The van der Waals surface area contributed by atoms with E-state index in [0.717, 1.165) is 0 Å². The van der Waals surface area contributed by atoms with Crippen molar-refractivity contribution in [3.8, 4) is 0 Å². The third kappa shape index (κ3) is 2.72. The molecule has 0 unspecified atom stereocenters.